The lowest BCUT2D eigenvalue weighted by Crippen LogP contribution is -2.39. The summed E-state index contributed by atoms with van der Waals surface area (Å²) in [5.74, 6) is -0.0647. The summed E-state index contributed by atoms with van der Waals surface area (Å²) in [4.78, 5) is 3.72. The maximum absolute atomic E-state index is 12.1. The highest BCUT2D eigenvalue weighted by Gasteiger charge is 2.25. The van der Waals surface area contributed by atoms with Crippen LogP contribution in [0.3, 0.4) is 0 Å². The molecule has 0 amide bonds. The summed E-state index contributed by atoms with van der Waals surface area (Å²) in [6, 6.07) is -0.515. The summed E-state index contributed by atoms with van der Waals surface area (Å²) in [7, 11) is -0.795. The van der Waals surface area contributed by atoms with Crippen LogP contribution in [-0.4, -0.2) is 49.4 Å². The molecular formula is C9H18N4O4S. The van der Waals surface area contributed by atoms with E-state index in [2.05, 4.69) is 9.71 Å². The van der Waals surface area contributed by atoms with Gasteiger partial charge in [0.1, 0.15) is 0 Å². The number of ether oxygens (including phenoxy) is 1. The third kappa shape index (κ3) is 3.42. The van der Waals surface area contributed by atoms with Crippen molar-refractivity contribution in [2.75, 3.05) is 26.1 Å². The lowest BCUT2D eigenvalue weighted by molar-refractivity contribution is 0.158. The molecule has 1 unspecified atom stereocenters. The van der Waals surface area contributed by atoms with Gasteiger partial charge in [0.05, 0.1) is 12.9 Å². The van der Waals surface area contributed by atoms with Crippen molar-refractivity contribution in [3.63, 3.8) is 0 Å². The van der Waals surface area contributed by atoms with E-state index >= 15 is 0 Å². The fourth-order valence-corrected chi connectivity index (χ4v) is 3.06. The minimum atomic E-state index is -3.79. The van der Waals surface area contributed by atoms with Crippen LogP contribution in [0.1, 0.15) is 6.42 Å². The standard InChI is InChI=1S/C9H18N4O4S/c1-13-6-11-8(10)9(13)18(15,16)12-7(3-4-14)5-17-2/h6-7,12,14H,3-5,10H2,1-2H3. The number of aliphatic hydroxyl groups excluding tert-OH is 1. The number of aryl methyl sites for hydroxylation is 1. The van der Waals surface area contributed by atoms with Crippen LogP contribution in [-0.2, 0) is 21.8 Å². The average molecular weight is 278 g/mol. The number of nitrogens with two attached hydrogens (primary N) is 1. The Morgan fingerprint density at radius 1 is 1.67 bits per heavy atom. The number of methoxy groups -OCH3 is 1. The molecule has 0 aromatic carbocycles. The molecule has 104 valence electrons. The number of imidazole rings is 1. The summed E-state index contributed by atoms with van der Waals surface area (Å²) in [5.41, 5.74) is 5.52. The predicted molar refractivity (Wildman–Crippen MR) is 65.3 cm³/mol. The van der Waals surface area contributed by atoms with Crippen LogP contribution in [0, 0.1) is 0 Å². The van der Waals surface area contributed by atoms with Crippen LogP contribution in [0.4, 0.5) is 5.82 Å². The Morgan fingerprint density at radius 3 is 2.78 bits per heavy atom. The van der Waals surface area contributed by atoms with Gasteiger partial charge in [0, 0.05) is 26.8 Å². The summed E-state index contributed by atoms with van der Waals surface area (Å²) in [5, 5.41) is 8.77. The van der Waals surface area contributed by atoms with Crippen molar-refractivity contribution in [2.24, 2.45) is 7.05 Å². The van der Waals surface area contributed by atoms with Gasteiger partial charge in [-0.3, -0.25) is 0 Å². The first-order chi connectivity index (χ1) is 8.42. The van der Waals surface area contributed by atoms with Gasteiger partial charge in [0.25, 0.3) is 10.0 Å². The number of anilines is 1. The second kappa shape index (κ2) is 6.14. The monoisotopic (exact) mass is 278 g/mol. The van der Waals surface area contributed by atoms with Gasteiger partial charge in [0.15, 0.2) is 10.8 Å². The molecule has 9 heteroatoms. The third-order valence-corrected chi connectivity index (χ3v) is 3.98. The molecule has 0 fully saturated rings. The Labute approximate surface area is 106 Å². The molecule has 4 N–H and O–H groups in total. The first-order valence-electron chi connectivity index (χ1n) is 5.31. The zero-order valence-electron chi connectivity index (χ0n) is 10.3. The van der Waals surface area contributed by atoms with Gasteiger partial charge in [0.2, 0.25) is 0 Å². The van der Waals surface area contributed by atoms with E-state index in [-0.39, 0.29) is 30.5 Å². The van der Waals surface area contributed by atoms with Crippen LogP contribution >= 0.6 is 0 Å². The van der Waals surface area contributed by atoms with E-state index in [0.29, 0.717) is 0 Å². The summed E-state index contributed by atoms with van der Waals surface area (Å²) < 4.78 is 32.8. The molecule has 0 aliphatic rings. The zero-order chi connectivity index (χ0) is 13.8. The van der Waals surface area contributed by atoms with Crippen LogP contribution < -0.4 is 10.5 Å². The fourth-order valence-electron chi connectivity index (χ4n) is 1.57. The number of hydrogen-bond acceptors (Lipinski definition) is 6. The minimum Gasteiger partial charge on any atom is -0.396 e. The molecule has 1 atom stereocenters. The number of hydrogen-bond donors (Lipinski definition) is 3. The van der Waals surface area contributed by atoms with Gasteiger partial charge >= 0.3 is 0 Å². The second-order valence-corrected chi connectivity index (χ2v) is 5.46. The predicted octanol–water partition coefficient (Wildman–Crippen LogP) is -1.32. The van der Waals surface area contributed by atoms with Crippen LogP contribution in [0.25, 0.3) is 0 Å². The molecule has 1 aromatic rings. The SMILES string of the molecule is COCC(CCO)NS(=O)(=O)c1c(N)ncn1C. The Bertz CT molecular complexity index is 459. The largest absolute Gasteiger partial charge is 0.396 e. The van der Waals surface area contributed by atoms with Gasteiger partial charge in [-0.25, -0.2) is 18.1 Å². The Hall–Kier alpha value is -1.16. The number of rotatable bonds is 7. The Balaban J connectivity index is 2.93. The van der Waals surface area contributed by atoms with Crippen molar-refractivity contribution in [2.45, 2.75) is 17.5 Å². The number of aromatic nitrogens is 2. The van der Waals surface area contributed by atoms with Crippen LogP contribution in [0.15, 0.2) is 11.4 Å². The fraction of sp³-hybridized carbons (Fsp3) is 0.667. The molecule has 0 aliphatic heterocycles. The first kappa shape index (κ1) is 14.9. The highest BCUT2D eigenvalue weighted by Crippen LogP contribution is 2.15. The van der Waals surface area contributed by atoms with E-state index in [1.165, 1.54) is 25.1 Å². The smallest absolute Gasteiger partial charge is 0.260 e. The van der Waals surface area contributed by atoms with Gasteiger partial charge in [-0.15, -0.1) is 0 Å². The lowest BCUT2D eigenvalue weighted by atomic mass is 10.2. The highest BCUT2D eigenvalue weighted by atomic mass is 32.2. The van der Waals surface area contributed by atoms with E-state index in [1.54, 1.807) is 0 Å². The van der Waals surface area contributed by atoms with E-state index in [0.717, 1.165) is 0 Å². The Morgan fingerprint density at radius 2 is 2.33 bits per heavy atom. The van der Waals surface area contributed by atoms with E-state index in [4.69, 9.17) is 15.6 Å². The van der Waals surface area contributed by atoms with Crippen molar-refractivity contribution in [1.82, 2.24) is 14.3 Å². The normalized spacial score (nSPS) is 13.7. The summed E-state index contributed by atoms with van der Waals surface area (Å²) in [6.07, 6.45) is 1.58. The Kier molecular flexibility index (Phi) is 5.08. The number of nitrogens with one attached hydrogen (secondary N) is 1. The van der Waals surface area contributed by atoms with Crippen LogP contribution in [0.2, 0.25) is 0 Å². The topological polar surface area (TPSA) is 119 Å². The minimum absolute atomic E-state index is 0.0647. The molecular weight excluding hydrogens is 260 g/mol. The lowest BCUT2D eigenvalue weighted by Gasteiger charge is -2.17. The van der Waals surface area contributed by atoms with Crippen molar-refractivity contribution in [3.05, 3.63) is 6.33 Å². The van der Waals surface area contributed by atoms with E-state index in [9.17, 15) is 8.42 Å². The molecule has 8 nitrogen and oxygen atoms in total. The molecule has 0 saturated heterocycles. The third-order valence-electron chi connectivity index (χ3n) is 2.33. The second-order valence-electron chi connectivity index (χ2n) is 3.83. The number of nitrogens with zero attached hydrogens (tertiary/aromatic N) is 2. The van der Waals surface area contributed by atoms with Crippen molar-refractivity contribution in [1.29, 1.82) is 0 Å². The number of nitrogen functional groups attached to an aromatic ring is 1. The molecule has 1 rings (SSSR count). The summed E-state index contributed by atoms with van der Waals surface area (Å²) >= 11 is 0. The zero-order valence-corrected chi connectivity index (χ0v) is 11.1. The molecule has 0 spiro atoms. The quantitative estimate of drug-likeness (QED) is 0.569. The van der Waals surface area contributed by atoms with Crippen LogP contribution in [0.5, 0.6) is 0 Å². The van der Waals surface area contributed by atoms with Crippen molar-refractivity contribution >= 4 is 15.8 Å². The number of aliphatic hydroxyl groups is 1. The molecule has 0 saturated carbocycles. The van der Waals surface area contributed by atoms with Crippen molar-refractivity contribution < 1.29 is 18.3 Å². The van der Waals surface area contributed by atoms with Crippen molar-refractivity contribution in [3.8, 4) is 0 Å². The highest BCUT2D eigenvalue weighted by molar-refractivity contribution is 7.89. The maximum atomic E-state index is 12.1. The molecule has 1 heterocycles. The van der Waals surface area contributed by atoms with Gasteiger partial charge in [-0.1, -0.05) is 0 Å². The first-order valence-corrected chi connectivity index (χ1v) is 6.79. The summed E-state index contributed by atoms with van der Waals surface area (Å²) in [6.45, 7) is 0.0228. The maximum Gasteiger partial charge on any atom is 0.260 e. The van der Waals surface area contributed by atoms with Gasteiger partial charge in [-0.2, -0.15) is 0 Å². The van der Waals surface area contributed by atoms with Gasteiger partial charge in [-0.05, 0) is 6.42 Å². The van der Waals surface area contributed by atoms with E-state index < -0.39 is 16.1 Å². The molecule has 1 aromatic heterocycles. The molecule has 0 radical (unpaired) electrons. The molecule has 0 bridgehead atoms. The van der Waals surface area contributed by atoms with Gasteiger partial charge < -0.3 is 20.1 Å². The van der Waals surface area contributed by atoms with E-state index in [1.807, 2.05) is 0 Å². The molecule has 18 heavy (non-hydrogen) atoms. The molecule has 0 aliphatic carbocycles. The number of sulfonamides is 1. The average Bonchev–Trinajstić information content (AvgIpc) is 2.59.